The number of Topliss-reactive ketones (excluding diaryl/α,β-unsaturated/α-hetero) is 4. The maximum Gasteiger partial charge on any atom is 0.233 e. The number of hydrogen-bond acceptors (Lipinski definition) is 5. The van der Waals surface area contributed by atoms with E-state index in [0.29, 0.717) is 22.6 Å². The van der Waals surface area contributed by atoms with Crippen LogP contribution < -0.4 is 4.74 Å². The molecule has 0 N–H and O–H groups in total. The van der Waals surface area contributed by atoms with Crippen molar-refractivity contribution in [1.29, 1.82) is 0 Å². The number of carbonyl (C=O) groups excluding carboxylic acids is 4. The number of carbonyl (C=O) groups is 4. The maximum absolute atomic E-state index is 12.9. The summed E-state index contributed by atoms with van der Waals surface area (Å²) in [5.41, 5.74) is 5.09. The zero-order valence-corrected chi connectivity index (χ0v) is 24.1. The van der Waals surface area contributed by atoms with Gasteiger partial charge in [-0.05, 0) is 70.8 Å². The average molecular weight is 587 g/mol. The molecule has 0 spiro atoms. The van der Waals surface area contributed by atoms with Gasteiger partial charge in [0.05, 0.1) is 0 Å². The van der Waals surface area contributed by atoms with Crippen LogP contribution in [0.25, 0.3) is 22.3 Å². The third-order valence-corrected chi connectivity index (χ3v) is 7.39. The van der Waals surface area contributed by atoms with E-state index in [1.165, 1.54) is 24.3 Å². The van der Waals surface area contributed by atoms with Gasteiger partial charge in [0, 0.05) is 22.3 Å². The van der Waals surface area contributed by atoms with Gasteiger partial charge in [-0.25, -0.2) is 0 Å². The fraction of sp³-hybridized carbons (Fsp3) is 0. The molecule has 6 aromatic rings. The van der Waals surface area contributed by atoms with E-state index in [1.807, 2.05) is 84.9 Å². The molecule has 6 rings (SSSR count). The summed E-state index contributed by atoms with van der Waals surface area (Å²) in [6.07, 6.45) is 0. The predicted octanol–water partition coefficient (Wildman–Crippen LogP) is 8.94. The molecule has 216 valence electrons. The highest BCUT2D eigenvalue weighted by Gasteiger charge is 2.20. The van der Waals surface area contributed by atoms with Crippen molar-refractivity contribution >= 4 is 23.1 Å². The molecule has 0 radical (unpaired) electrons. The van der Waals surface area contributed by atoms with Gasteiger partial charge in [0.1, 0.15) is 11.5 Å². The summed E-state index contributed by atoms with van der Waals surface area (Å²) >= 11 is 0. The van der Waals surface area contributed by atoms with Crippen molar-refractivity contribution in [3.63, 3.8) is 0 Å². The van der Waals surface area contributed by atoms with Crippen molar-refractivity contribution < 1.29 is 23.9 Å². The van der Waals surface area contributed by atoms with E-state index < -0.39 is 23.1 Å². The summed E-state index contributed by atoms with van der Waals surface area (Å²) < 4.78 is 5.86. The van der Waals surface area contributed by atoms with E-state index in [9.17, 15) is 19.2 Å². The van der Waals surface area contributed by atoms with Crippen LogP contribution in [0.2, 0.25) is 0 Å². The fourth-order valence-corrected chi connectivity index (χ4v) is 4.90. The van der Waals surface area contributed by atoms with Crippen LogP contribution in [0.3, 0.4) is 0 Å². The molecule has 0 heterocycles. The molecule has 0 aliphatic rings. The normalized spacial score (nSPS) is 10.6. The Morgan fingerprint density at radius 2 is 0.533 bits per heavy atom. The molecule has 6 aromatic carbocycles. The lowest BCUT2D eigenvalue weighted by molar-refractivity contribution is 0.0817. The van der Waals surface area contributed by atoms with Crippen LogP contribution >= 0.6 is 0 Å². The second kappa shape index (κ2) is 13.0. The van der Waals surface area contributed by atoms with E-state index in [4.69, 9.17) is 4.74 Å². The molecule has 0 saturated carbocycles. The Labute approximate surface area is 260 Å². The molecule has 0 aromatic heterocycles. The van der Waals surface area contributed by atoms with Gasteiger partial charge in [-0.1, -0.05) is 109 Å². The van der Waals surface area contributed by atoms with Crippen molar-refractivity contribution in [2.75, 3.05) is 0 Å². The number of hydrogen-bond donors (Lipinski definition) is 0. The number of rotatable bonds is 10. The number of benzene rings is 6. The first-order chi connectivity index (χ1) is 22.0. The van der Waals surface area contributed by atoms with E-state index in [1.54, 1.807) is 48.5 Å². The zero-order valence-electron chi connectivity index (χ0n) is 24.1. The van der Waals surface area contributed by atoms with Crippen molar-refractivity contribution in [3.05, 3.63) is 180 Å². The Balaban J connectivity index is 1.06. The fourth-order valence-electron chi connectivity index (χ4n) is 4.90. The minimum absolute atomic E-state index is 0.246. The van der Waals surface area contributed by atoms with Crippen LogP contribution in [-0.4, -0.2) is 23.1 Å². The minimum atomic E-state index is -0.615. The summed E-state index contributed by atoms with van der Waals surface area (Å²) in [6, 6.07) is 46.0. The lowest BCUT2D eigenvalue weighted by atomic mass is 9.98. The maximum atomic E-state index is 12.9. The van der Waals surface area contributed by atoms with Gasteiger partial charge < -0.3 is 4.74 Å². The Morgan fingerprint density at radius 3 is 0.822 bits per heavy atom. The topological polar surface area (TPSA) is 77.5 Å². The summed E-state index contributed by atoms with van der Waals surface area (Å²) in [7, 11) is 0. The van der Waals surface area contributed by atoms with E-state index in [-0.39, 0.29) is 11.1 Å². The van der Waals surface area contributed by atoms with Crippen molar-refractivity contribution in [3.8, 4) is 33.8 Å². The lowest BCUT2D eigenvalue weighted by Gasteiger charge is -2.08. The highest BCUT2D eigenvalue weighted by atomic mass is 16.5. The standard InChI is InChI=1S/C40H26O5/c41-37(31-15-11-29(12-16-31)27-7-3-1-4-8-27)39(43)33-19-23-35(24-20-33)45-36-25-21-34(22-26-36)40(44)38(42)32-17-13-30(14-18-32)28-9-5-2-6-10-28/h1-26H. The molecule has 0 aliphatic heterocycles. The third-order valence-electron chi connectivity index (χ3n) is 7.39. The summed E-state index contributed by atoms with van der Waals surface area (Å²) in [5.74, 6) is -1.53. The summed E-state index contributed by atoms with van der Waals surface area (Å²) in [4.78, 5) is 51.4. The van der Waals surface area contributed by atoms with Gasteiger partial charge in [-0.3, -0.25) is 19.2 Å². The number of ether oxygens (including phenoxy) is 1. The molecular formula is C40H26O5. The van der Waals surface area contributed by atoms with Crippen molar-refractivity contribution in [1.82, 2.24) is 0 Å². The molecule has 0 amide bonds. The van der Waals surface area contributed by atoms with Gasteiger partial charge in [0.25, 0.3) is 0 Å². The van der Waals surface area contributed by atoms with Gasteiger partial charge in [-0.2, -0.15) is 0 Å². The first-order valence-electron chi connectivity index (χ1n) is 14.3. The van der Waals surface area contributed by atoms with Gasteiger partial charge in [0.15, 0.2) is 0 Å². The van der Waals surface area contributed by atoms with Crippen LogP contribution in [0.15, 0.2) is 158 Å². The van der Waals surface area contributed by atoms with E-state index in [0.717, 1.165) is 22.3 Å². The second-order valence-corrected chi connectivity index (χ2v) is 10.4. The van der Waals surface area contributed by atoms with E-state index in [2.05, 4.69) is 0 Å². The molecule has 0 bridgehead atoms. The Kier molecular flexibility index (Phi) is 8.34. The molecule has 5 nitrogen and oxygen atoms in total. The first kappa shape index (κ1) is 28.9. The Hall–Kier alpha value is -6.20. The summed E-state index contributed by atoms with van der Waals surface area (Å²) in [6.45, 7) is 0. The first-order valence-corrected chi connectivity index (χ1v) is 14.3. The Bertz CT molecular complexity index is 1830. The minimum Gasteiger partial charge on any atom is -0.457 e. The van der Waals surface area contributed by atoms with E-state index >= 15 is 0 Å². The molecule has 5 heteroatoms. The third kappa shape index (κ3) is 6.58. The smallest absolute Gasteiger partial charge is 0.233 e. The van der Waals surface area contributed by atoms with Gasteiger partial charge >= 0.3 is 0 Å². The van der Waals surface area contributed by atoms with Crippen LogP contribution in [0.4, 0.5) is 0 Å². The molecule has 0 fully saturated rings. The Morgan fingerprint density at radius 1 is 0.289 bits per heavy atom. The zero-order chi connectivity index (χ0) is 31.2. The molecule has 0 saturated heterocycles. The SMILES string of the molecule is O=C(C(=O)c1ccc(-c2ccccc2)cc1)c1ccc(Oc2ccc(C(=O)C(=O)c3ccc(-c4ccccc4)cc3)cc2)cc1. The van der Waals surface area contributed by atoms with Crippen molar-refractivity contribution in [2.24, 2.45) is 0 Å². The average Bonchev–Trinajstić information content (AvgIpc) is 3.12. The highest BCUT2D eigenvalue weighted by Crippen LogP contribution is 2.25. The molecule has 0 atom stereocenters. The lowest BCUT2D eigenvalue weighted by Crippen LogP contribution is -2.14. The quantitative estimate of drug-likeness (QED) is 0.118. The van der Waals surface area contributed by atoms with Crippen molar-refractivity contribution in [2.45, 2.75) is 0 Å². The highest BCUT2D eigenvalue weighted by molar-refractivity contribution is 6.49. The van der Waals surface area contributed by atoms with Crippen LogP contribution in [0, 0.1) is 0 Å². The largest absolute Gasteiger partial charge is 0.457 e. The van der Waals surface area contributed by atoms with Gasteiger partial charge in [-0.15, -0.1) is 0 Å². The van der Waals surface area contributed by atoms with Crippen LogP contribution in [-0.2, 0) is 0 Å². The summed E-state index contributed by atoms with van der Waals surface area (Å²) in [5, 5.41) is 0. The van der Waals surface area contributed by atoms with Crippen LogP contribution in [0.1, 0.15) is 41.4 Å². The second-order valence-electron chi connectivity index (χ2n) is 10.4. The molecule has 0 aliphatic carbocycles. The predicted molar refractivity (Wildman–Crippen MR) is 174 cm³/mol. The molecule has 45 heavy (non-hydrogen) atoms. The molecule has 0 unspecified atom stereocenters. The van der Waals surface area contributed by atoms with Crippen LogP contribution in [0.5, 0.6) is 11.5 Å². The van der Waals surface area contributed by atoms with Gasteiger partial charge in [0.2, 0.25) is 23.1 Å². The monoisotopic (exact) mass is 586 g/mol. The molecular weight excluding hydrogens is 560 g/mol. The number of ketones is 4.